The van der Waals surface area contributed by atoms with Crippen molar-refractivity contribution in [1.29, 1.82) is 0 Å². The van der Waals surface area contributed by atoms with Crippen LogP contribution in [0.1, 0.15) is 30.9 Å². The van der Waals surface area contributed by atoms with E-state index in [1.807, 2.05) is 19.9 Å². The Balaban J connectivity index is 2.48. The van der Waals surface area contributed by atoms with Gasteiger partial charge in [-0.3, -0.25) is 4.79 Å². The summed E-state index contributed by atoms with van der Waals surface area (Å²) in [5.41, 5.74) is 2.23. The number of ether oxygens (including phenoxy) is 1. The number of amides is 1. The normalized spacial score (nSPS) is 10.2. The molecule has 1 rings (SSSR count). The van der Waals surface area contributed by atoms with E-state index in [0.29, 0.717) is 0 Å². The molecule has 0 fully saturated rings. The number of halogens is 1. The van der Waals surface area contributed by atoms with Gasteiger partial charge in [0.05, 0.1) is 0 Å². The summed E-state index contributed by atoms with van der Waals surface area (Å²) < 4.78 is 6.76. The van der Waals surface area contributed by atoms with Crippen LogP contribution in [-0.2, 0) is 4.79 Å². The van der Waals surface area contributed by atoms with Gasteiger partial charge >= 0.3 is 0 Å². The number of rotatable bonds is 6. The Kier molecular flexibility index (Phi) is 6.46. The number of aryl methyl sites for hydroxylation is 2. The minimum Gasteiger partial charge on any atom is -0.483 e. The number of carbonyl (C=O) groups is 1. The molecule has 0 spiro atoms. The quantitative estimate of drug-likeness (QED) is 0.624. The Morgan fingerprint density at radius 3 is 2.72 bits per heavy atom. The van der Waals surface area contributed by atoms with Crippen LogP contribution in [0.25, 0.3) is 0 Å². The zero-order chi connectivity index (χ0) is 13.5. The zero-order valence-corrected chi connectivity index (χ0v) is 13.3. The lowest BCUT2D eigenvalue weighted by molar-refractivity contribution is -0.123. The lowest BCUT2D eigenvalue weighted by atomic mass is 10.1. The molecule has 1 N–H and O–H groups in total. The van der Waals surface area contributed by atoms with Crippen LogP contribution in [0.2, 0.25) is 0 Å². The van der Waals surface area contributed by atoms with Crippen molar-refractivity contribution in [3.63, 3.8) is 0 Å². The van der Waals surface area contributed by atoms with Crippen LogP contribution in [0.3, 0.4) is 0 Å². The van der Waals surface area contributed by atoms with Crippen molar-refractivity contribution in [2.75, 3.05) is 13.2 Å². The summed E-state index contributed by atoms with van der Waals surface area (Å²) >= 11 is 2.30. The van der Waals surface area contributed by atoms with Crippen LogP contribution in [0.4, 0.5) is 0 Å². The molecule has 0 bridgehead atoms. The fourth-order valence-corrected chi connectivity index (χ4v) is 2.13. The number of benzene rings is 1. The Hall–Kier alpha value is -0.780. The first-order chi connectivity index (χ1) is 8.54. The van der Waals surface area contributed by atoms with E-state index in [0.717, 1.165) is 30.7 Å². The molecule has 0 atom stereocenters. The van der Waals surface area contributed by atoms with E-state index in [1.165, 1.54) is 9.13 Å². The molecule has 0 saturated carbocycles. The summed E-state index contributed by atoms with van der Waals surface area (Å²) in [4.78, 5) is 11.5. The molecule has 0 aliphatic rings. The van der Waals surface area contributed by atoms with Gasteiger partial charge in [0.1, 0.15) is 5.75 Å². The molecule has 1 aromatic carbocycles. The Labute approximate surface area is 122 Å². The average molecular weight is 361 g/mol. The second-order valence-corrected chi connectivity index (χ2v) is 5.52. The number of hydrogen-bond donors (Lipinski definition) is 1. The molecule has 0 aromatic heterocycles. The minimum absolute atomic E-state index is 0.0564. The number of carbonyl (C=O) groups excluding carboxylic acids is 1. The number of hydrogen-bond acceptors (Lipinski definition) is 2. The standard InChI is InChI=1S/C14H20INO2/c1-4-5-6-16-14(17)9-18-13-8-10(2)12(15)7-11(13)3/h7-8H,4-6,9H2,1-3H3,(H,16,17). The zero-order valence-electron chi connectivity index (χ0n) is 11.2. The third-order valence-electron chi connectivity index (χ3n) is 2.67. The molecule has 1 amide bonds. The van der Waals surface area contributed by atoms with Crippen molar-refractivity contribution >= 4 is 28.5 Å². The predicted octanol–water partition coefficient (Wildman–Crippen LogP) is 3.20. The summed E-state index contributed by atoms with van der Waals surface area (Å²) in [6, 6.07) is 4.05. The van der Waals surface area contributed by atoms with E-state index in [2.05, 4.69) is 40.9 Å². The van der Waals surface area contributed by atoms with Gasteiger partial charge in [-0.2, -0.15) is 0 Å². The summed E-state index contributed by atoms with van der Waals surface area (Å²) in [6.45, 7) is 6.94. The van der Waals surface area contributed by atoms with E-state index >= 15 is 0 Å². The predicted molar refractivity (Wildman–Crippen MR) is 82.0 cm³/mol. The summed E-state index contributed by atoms with van der Waals surface area (Å²) in [6.07, 6.45) is 2.09. The molecule has 18 heavy (non-hydrogen) atoms. The average Bonchev–Trinajstić information content (AvgIpc) is 2.32. The third kappa shape index (κ3) is 4.84. The molecule has 4 heteroatoms. The van der Waals surface area contributed by atoms with Gasteiger partial charge in [-0.1, -0.05) is 13.3 Å². The molecule has 0 saturated heterocycles. The van der Waals surface area contributed by atoms with Crippen LogP contribution in [0.5, 0.6) is 5.75 Å². The highest BCUT2D eigenvalue weighted by atomic mass is 127. The molecule has 3 nitrogen and oxygen atoms in total. The molecule has 0 aliphatic heterocycles. The number of unbranched alkanes of at least 4 members (excludes halogenated alkanes) is 1. The van der Waals surface area contributed by atoms with Crippen LogP contribution in [0, 0.1) is 17.4 Å². The van der Waals surface area contributed by atoms with E-state index in [9.17, 15) is 4.79 Å². The van der Waals surface area contributed by atoms with Gasteiger partial charge in [0.15, 0.2) is 6.61 Å². The molecular formula is C14H20INO2. The van der Waals surface area contributed by atoms with Gasteiger partial charge < -0.3 is 10.1 Å². The molecule has 0 radical (unpaired) electrons. The topological polar surface area (TPSA) is 38.3 Å². The maximum atomic E-state index is 11.5. The fourth-order valence-electron chi connectivity index (χ4n) is 1.51. The van der Waals surface area contributed by atoms with Crippen LogP contribution < -0.4 is 10.1 Å². The van der Waals surface area contributed by atoms with Crippen molar-refractivity contribution < 1.29 is 9.53 Å². The first-order valence-electron chi connectivity index (χ1n) is 6.20. The van der Waals surface area contributed by atoms with E-state index in [-0.39, 0.29) is 12.5 Å². The Bertz CT molecular complexity index is 419. The van der Waals surface area contributed by atoms with Crippen molar-refractivity contribution in [3.05, 3.63) is 26.8 Å². The van der Waals surface area contributed by atoms with Crippen molar-refractivity contribution in [1.82, 2.24) is 5.32 Å². The van der Waals surface area contributed by atoms with Gasteiger partial charge in [-0.15, -0.1) is 0 Å². The molecule has 100 valence electrons. The fraction of sp³-hybridized carbons (Fsp3) is 0.500. The monoisotopic (exact) mass is 361 g/mol. The highest BCUT2D eigenvalue weighted by Gasteiger charge is 2.06. The summed E-state index contributed by atoms with van der Waals surface area (Å²) in [5, 5.41) is 2.83. The summed E-state index contributed by atoms with van der Waals surface area (Å²) in [7, 11) is 0. The molecule has 1 aromatic rings. The third-order valence-corrected chi connectivity index (χ3v) is 3.83. The Morgan fingerprint density at radius 1 is 1.33 bits per heavy atom. The molecule has 0 unspecified atom stereocenters. The van der Waals surface area contributed by atoms with E-state index in [1.54, 1.807) is 0 Å². The van der Waals surface area contributed by atoms with Gasteiger partial charge in [-0.05, 0) is 66.1 Å². The highest BCUT2D eigenvalue weighted by Crippen LogP contribution is 2.23. The van der Waals surface area contributed by atoms with Crippen molar-refractivity contribution in [3.8, 4) is 5.75 Å². The largest absolute Gasteiger partial charge is 0.483 e. The van der Waals surface area contributed by atoms with Crippen LogP contribution >= 0.6 is 22.6 Å². The summed E-state index contributed by atoms with van der Waals surface area (Å²) in [5.74, 6) is 0.734. The van der Waals surface area contributed by atoms with Crippen LogP contribution in [-0.4, -0.2) is 19.1 Å². The SMILES string of the molecule is CCCCNC(=O)COc1cc(C)c(I)cc1C. The maximum absolute atomic E-state index is 11.5. The lowest BCUT2D eigenvalue weighted by Gasteiger charge is -2.11. The van der Waals surface area contributed by atoms with E-state index in [4.69, 9.17) is 4.74 Å². The lowest BCUT2D eigenvalue weighted by Crippen LogP contribution is -2.29. The van der Waals surface area contributed by atoms with Gasteiger partial charge in [0, 0.05) is 10.1 Å². The van der Waals surface area contributed by atoms with Gasteiger partial charge in [0.25, 0.3) is 5.91 Å². The molecule has 0 heterocycles. The highest BCUT2D eigenvalue weighted by molar-refractivity contribution is 14.1. The molecular weight excluding hydrogens is 341 g/mol. The second kappa shape index (κ2) is 7.61. The van der Waals surface area contributed by atoms with Gasteiger partial charge in [-0.25, -0.2) is 0 Å². The first-order valence-corrected chi connectivity index (χ1v) is 7.28. The number of nitrogens with one attached hydrogen (secondary N) is 1. The van der Waals surface area contributed by atoms with Crippen LogP contribution in [0.15, 0.2) is 12.1 Å². The first kappa shape index (κ1) is 15.3. The second-order valence-electron chi connectivity index (χ2n) is 4.36. The molecule has 0 aliphatic carbocycles. The van der Waals surface area contributed by atoms with E-state index < -0.39 is 0 Å². The minimum atomic E-state index is -0.0564. The Morgan fingerprint density at radius 2 is 2.06 bits per heavy atom. The van der Waals surface area contributed by atoms with Gasteiger partial charge in [0.2, 0.25) is 0 Å². The van der Waals surface area contributed by atoms with Crippen molar-refractivity contribution in [2.24, 2.45) is 0 Å². The van der Waals surface area contributed by atoms with Crippen molar-refractivity contribution in [2.45, 2.75) is 33.6 Å². The smallest absolute Gasteiger partial charge is 0.257 e. The maximum Gasteiger partial charge on any atom is 0.257 e.